The lowest BCUT2D eigenvalue weighted by Gasteiger charge is -1.89. The van der Waals surface area contributed by atoms with E-state index in [9.17, 15) is 4.79 Å². The van der Waals surface area contributed by atoms with Crippen molar-refractivity contribution in [3.8, 4) is 0 Å². The van der Waals surface area contributed by atoms with E-state index in [2.05, 4.69) is 0 Å². The molecule has 0 aliphatic heterocycles. The second-order valence-electron chi connectivity index (χ2n) is 2.47. The molecule has 0 radical (unpaired) electrons. The van der Waals surface area contributed by atoms with Crippen LogP contribution < -0.4 is 0 Å². The molecule has 0 saturated carbocycles. The van der Waals surface area contributed by atoms with Gasteiger partial charge in [-0.15, -0.1) is 0 Å². The number of carbonyl (C=O) groups is 2. The quantitative estimate of drug-likeness (QED) is 0.690. The molecule has 0 aliphatic rings. The molecule has 4 heteroatoms. The number of aliphatic carboxylic acids is 1. The molecular formula is C10H12O4. The van der Waals surface area contributed by atoms with Crippen molar-refractivity contribution in [2.75, 3.05) is 6.61 Å². The van der Waals surface area contributed by atoms with E-state index in [0.717, 1.165) is 5.56 Å². The lowest BCUT2D eigenvalue weighted by Crippen LogP contribution is -1.98. The highest BCUT2D eigenvalue weighted by molar-refractivity contribution is 5.93. The van der Waals surface area contributed by atoms with Gasteiger partial charge in [-0.25, -0.2) is 4.79 Å². The summed E-state index contributed by atoms with van der Waals surface area (Å²) in [4.78, 5) is 19.8. The zero-order valence-electron chi connectivity index (χ0n) is 7.80. The highest BCUT2D eigenvalue weighted by Gasteiger charge is 1.92. The van der Waals surface area contributed by atoms with Gasteiger partial charge in [0, 0.05) is 5.56 Å². The molecule has 1 aromatic rings. The first-order valence-electron chi connectivity index (χ1n) is 3.96. The van der Waals surface area contributed by atoms with E-state index in [4.69, 9.17) is 15.0 Å². The Hall–Kier alpha value is -1.68. The van der Waals surface area contributed by atoms with Gasteiger partial charge in [0.2, 0.25) is 0 Å². The Labute approximate surface area is 81.8 Å². The van der Waals surface area contributed by atoms with Crippen molar-refractivity contribution in [2.45, 2.75) is 6.92 Å². The smallest absolute Gasteiger partial charge is 0.329 e. The monoisotopic (exact) mass is 196 g/mol. The average molecular weight is 196 g/mol. The van der Waals surface area contributed by atoms with Crippen LogP contribution in [0.15, 0.2) is 30.3 Å². The number of aliphatic hydroxyl groups is 1. The van der Waals surface area contributed by atoms with Gasteiger partial charge in [0.25, 0.3) is 0 Å². The second kappa shape index (κ2) is 6.80. The van der Waals surface area contributed by atoms with Gasteiger partial charge in [-0.2, -0.15) is 0 Å². The first-order valence-corrected chi connectivity index (χ1v) is 3.96. The topological polar surface area (TPSA) is 74.6 Å². The largest absolute Gasteiger partial charge is 0.480 e. The van der Waals surface area contributed by atoms with Crippen molar-refractivity contribution in [1.82, 2.24) is 0 Å². The van der Waals surface area contributed by atoms with Crippen LogP contribution in [0.4, 0.5) is 0 Å². The summed E-state index contributed by atoms with van der Waals surface area (Å²) in [5.41, 5.74) is 0.775. The van der Waals surface area contributed by atoms with Crippen LogP contribution in [-0.4, -0.2) is 28.6 Å². The normalized spacial score (nSPS) is 8.43. The summed E-state index contributed by atoms with van der Waals surface area (Å²) in [6.07, 6.45) is 0. The standard InChI is InChI=1S/C8H8O.C2H4O3/c1-7(9)8-5-3-2-4-6-8;3-1-2(4)5/h2-6H,1H3;3H,1H2,(H,4,5). The summed E-state index contributed by atoms with van der Waals surface area (Å²) < 4.78 is 0. The van der Waals surface area contributed by atoms with Gasteiger partial charge in [-0.1, -0.05) is 30.3 Å². The molecule has 2 N–H and O–H groups in total. The fourth-order valence-electron chi connectivity index (χ4n) is 0.673. The maximum atomic E-state index is 10.6. The number of carboxylic acid groups (broad SMARTS) is 1. The summed E-state index contributed by atoms with van der Waals surface area (Å²) in [5.74, 6) is -1.07. The van der Waals surface area contributed by atoms with Crippen LogP contribution in [0.2, 0.25) is 0 Å². The minimum atomic E-state index is -1.19. The SMILES string of the molecule is CC(=O)c1ccccc1.O=C(O)CO. The molecule has 0 aromatic heterocycles. The molecule has 0 bridgehead atoms. The Morgan fingerprint density at radius 1 is 1.21 bits per heavy atom. The molecule has 76 valence electrons. The summed E-state index contributed by atoms with van der Waals surface area (Å²) in [5, 5.41) is 15.0. The number of carbonyl (C=O) groups excluding carboxylic acids is 1. The number of aliphatic hydroxyl groups excluding tert-OH is 1. The molecule has 14 heavy (non-hydrogen) atoms. The highest BCUT2D eigenvalue weighted by atomic mass is 16.4. The Bertz CT molecular complexity index is 292. The second-order valence-corrected chi connectivity index (χ2v) is 2.47. The molecule has 0 fully saturated rings. The van der Waals surface area contributed by atoms with Gasteiger partial charge in [0.1, 0.15) is 6.61 Å². The molecule has 4 nitrogen and oxygen atoms in total. The van der Waals surface area contributed by atoms with E-state index in [0.29, 0.717) is 0 Å². The lowest BCUT2D eigenvalue weighted by atomic mass is 10.2. The molecule has 0 unspecified atom stereocenters. The Morgan fingerprint density at radius 2 is 1.64 bits per heavy atom. The third-order valence-electron chi connectivity index (χ3n) is 1.32. The van der Waals surface area contributed by atoms with E-state index in [-0.39, 0.29) is 5.78 Å². The number of hydrogen-bond donors (Lipinski definition) is 2. The molecule has 0 saturated heterocycles. The van der Waals surface area contributed by atoms with Crippen molar-refractivity contribution in [3.05, 3.63) is 35.9 Å². The van der Waals surface area contributed by atoms with Crippen LogP contribution in [0.3, 0.4) is 0 Å². The molecule has 0 heterocycles. The van der Waals surface area contributed by atoms with Crippen molar-refractivity contribution >= 4 is 11.8 Å². The van der Waals surface area contributed by atoms with E-state index in [1.54, 1.807) is 6.92 Å². The van der Waals surface area contributed by atoms with Gasteiger partial charge in [-0.05, 0) is 6.92 Å². The molecule has 1 aromatic carbocycles. The van der Waals surface area contributed by atoms with Crippen LogP contribution in [-0.2, 0) is 4.79 Å². The van der Waals surface area contributed by atoms with Gasteiger partial charge in [-0.3, -0.25) is 4.79 Å². The van der Waals surface area contributed by atoms with Crippen LogP contribution in [0.1, 0.15) is 17.3 Å². The van der Waals surface area contributed by atoms with Crippen molar-refractivity contribution in [1.29, 1.82) is 0 Å². The fraction of sp³-hybridized carbons (Fsp3) is 0.200. The minimum absolute atomic E-state index is 0.121. The van der Waals surface area contributed by atoms with Gasteiger partial charge in [0.05, 0.1) is 0 Å². The van der Waals surface area contributed by atoms with Gasteiger partial charge in [0.15, 0.2) is 5.78 Å². The van der Waals surface area contributed by atoms with Crippen LogP contribution in [0.25, 0.3) is 0 Å². The predicted molar refractivity (Wildman–Crippen MR) is 51.2 cm³/mol. The van der Waals surface area contributed by atoms with Gasteiger partial charge >= 0.3 is 5.97 Å². The Balaban J connectivity index is 0.000000292. The van der Waals surface area contributed by atoms with E-state index in [1.165, 1.54) is 0 Å². The molecular weight excluding hydrogens is 184 g/mol. The third kappa shape index (κ3) is 5.91. The highest BCUT2D eigenvalue weighted by Crippen LogP contribution is 1.97. The molecule has 0 amide bonds. The third-order valence-corrected chi connectivity index (χ3v) is 1.32. The predicted octanol–water partition coefficient (Wildman–Crippen LogP) is 0.953. The summed E-state index contributed by atoms with van der Waals surface area (Å²) in [6.45, 7) is 0.787. The van der Waals surface area contributed by atoms with Crippen LogP contribution >= 0.6 is 0 Å². The van der Waals surface area contributed by atoms with E-state index < -0.39 is 12.6 Å². The lowest BCUT2D eigenvalue weighted by molar-refractivity contribution is -0.140. The fourth-order valence-corrected chi connectivity index (χ4v) is 0.673. The first kappa shape index (κ1) is 12.3. The molecule has 0 atom stereocenters. The summed E-state index contributed by atoms with van der Waals surface area (Å²) in [6, 6.07) is 9.23. The van der Waals surface area contributed by atoms with Crippen LogP contribution in [0.5, 0.6) is 0 Å². The van der Waals surface area contributed by atoms with E-state index >= 15 is 0 Å². The summed E-state index contributed by atoms with van der Waals surface area (Å²) >= 11 is 0. The molecule has 0 aliphatic carbocycles. The van der Waals surface area contributed by atoms with E-state index in [1.807, 2.05) is 30.3 Å². The van der Waals surface area contributed by atoms with Crippen molar-refractivity contribution in [2.24, 2.45) is 0 Å². The Kier molecular flexibility index (Phi) is 5.98. The molecule has 0 spiro atoms. The maximum Gasteiger partial charge on any atom is 0.329 e. The zero-order valence-corrected chi connectivity index (χ0v) is 7.80. The maximum absolute atomic E-state index is 10.6. The number of hydrogen-bond acceptors (Lipinski definition) is 3. The van der Waals surface area contributed by atoms with Crippen molar-refractivity contribution in [3.63, 3.8) is 0 Å². The number of rotatable bonds is 2. The van der Waals surface area contributed by atoms with Gasteiger partial charge < -0.3 is 10.2 Å². The number of Topliss-reactive ketones (excluding diaryl/α,β-unsaturated/α-hetero) is 1. The number of ketones is 1. The average Bonchev–Trinajstić information content (AvgIpc) is 2.20. The first-order chi connectivity index (χ1) is 6.57. The summed E-state index contributed by atoms with van der Waals surface area (Å²) in [7, 11) is 0. The van der Waals surface area contributed by atoms with Crippen molar-refractivity contribution < 1.29 is 19.8 Å². The van der Waals surface area contributed by atoms with Crippen LogP contribution in [0, 0.1) is 0 Å². The zero-order chi connectivity index (χ0) is 11.0. The number of benzene rings is 1. The minimum Gasteiger partial charge on any atom is -0.480 e. The number of carboxylic acids is 1. The molecule has 1 rings (SSSR count). The Morgan fingerprint density at radius 3 is 1.86 bits per heavy atom.